The van der Waals surface area contributed by atoms with Crippen LogP contribution in [0.25, 0.3) is 11.1 Å². The van der Waals surface area contributed by atoms with Gasteiger partial charge in [0.05, 0.1) is 23.5 Å². The van der Waals surface area contributed by atoms with Gasteiger partial charge < -0.3 is 15.0 Å². The zero-order chi connectivity index (χ0) is 23.1. The van der Waals surface area contributed by atoms with Crippen LogP contribution in [0.3, 0.4) is 0 Å². The highest BCUT2D eigenvalue weighted by molar-refractivity contribution is 7.15. The van der Waals surface area contributed by atoms with Gasteiger partial charge in [-0.25, -0.2) is 4.79 Å². The van der Waals surface area contributed by atoms with Crippen molar-refractivity contribution in [3.63, 3.8) is 0 Å². The number of carbonyl (C=O) groups excluding carboxylic acids is 2. The van der Waals surface area contributed by atoms with E-state index in [9.17, 15) is 19.7 Å². The highest BCUT2D eigenvalue weighted by Crippen LogP contribution is 2.37. The number of carbonyl (C=O) groups is 2. The fourth-order valence-electron chi connectivity index (χ4n) is 3.75. The summed E-state index contributed by atoms with van der Waals surface area (Å²) in [6.07, 6.45) is 2.00. The summed E-state index contributed by atoms with van der Waals surface area (Å²) in [6, 6.07) is 8.13. The van der Waals surface area contributed by atoms with Crippen molar-refractivity contribution < 1.29 is 19.2 Å². The van der Waals surface area contributed by atoms with Crippen LogP contribution in [0.1, 0.15) is 36.5 Å². The van der Waals surface area contributed by atoms with Gasteiger partial charge in [0.2, 0.25) is 5.91 Å². The Balaban J connectivity index is 1.86. The lowest BCUT2D eigenvalue weighted by Gasteiger charge is -2.31. The Bertz CT molecular complexity index is 1050. The molecule has 2 heterocycles. The van der Waals surface area contributed by atoms with Gasteiger partial charge in [-0.05, 0) is 31.9 Å². The van der Waals surface area contributed by atoms with E-state index in [4.69, 9.17) is 10.00 Å². The Hall–Kier alpha value is -3.29. The number of nitriles is 1. The fraction of sp³-hybridized carbons (Fsp3) is 0.409. The molecule has 0 bridgehead atoms. The predicted octanol–water partition coefficient (Wildman–Crippen LogP) is 4.06. The molecular formula is C22H24N4O5S. The summed E-state index contributed by atoms with van der Waals surface area (Å²) in [5.41, 5.74) is 1.09. The first-order valence-electron chi connectivity index (χ1n) is 10.4. The molecule has 0 radical (unpaired) electrons. The van der Waals surface area contributed by atoms with Crippen LogP contribution in [0.4, 0.5) is 10.7 Å². The Kier molecular flexibility index (Phi) is 7.92. The number of nitro benzene ring substituents is 1. The van der Waals surface area contributed by atoms with E-state index in [1.807, 2.05) is 0 Å². The quantitative estimate of drug-likeness (QED) is 0.360. The van der Waals surface area contributed by atoms with Crippen LogP contribution in [0.2, 0.25) is 0 Å². The molecule has 10 heteroatoms. The number of benzene rings is 1. The molecule has 168 valence electrons. The smallest absolute Gasteiger partial charge is 0.341 e. The number of rotatable bonds is 8. The van der Waals surface area contributed by atoms with E-state index >= 15 is 0 Å². The van der Waals surface area contributed by atoms with Gasteiger partial charge >= 0.3 is 5.97 Å². The number of nitrogens with zero attached hydrogens (tertiary/aromatic N) is 3. The van der Waals surface area contributed by atoms with Crippen LogP contribution < -0.4 is 5.32 Å². The Morgan fingerprint density at radius 3 is 2.97 bits per heavy atom. The predicted molar refractivity (Wildman–Crippen MR) is 120 cm³/mol. The van der Waals surface area contributed by atoms with Crippen LogP contribution in [0, 0.1) is 27.4 Å². The van der Waals surface area contributed by atoms with Gasteiger partial charge in [-0.3, -0.25) is 14.9 Å². The number of piperidine rings is 1. The molecule has 1 aliphatic rings. The van der Waals surface area contributed by atoms with Crippen LogP contribution >= 0.6 is 11.3 Å². The molecule has 1 amide bonds. The maximum atomic E-state index is 13.0. The molecule has 0 aliphatic carbocycles. The van der Waals surface area contributed by atoms with Crippen molar-refractivity contribution in [2.24, 2.45) is 5.92 Å². The second-order valence-electron chi connectivity index (χ2n) is 7.42. The lowest BCUT2D eigenvalue weighted by Crippen LogP contribution is -2.41. The first kappa shape index (κ1) is 23.4. The second kappa shape index (κ2) is 10.8. The summed E-state index contributed by atoms with van der Waals surface area (Å²) < 4.78 is 5.20. The summed E-state index contributed by atoms with van der Waals surface area (Å²) in [6.45, 7) is 3.89. The average molecular weight is 457 g/mol. The summed E-state index contributed by atoms with van der Waals surface area (Å²) in [5.74, 6) is -1.03. The van der Waals surface area contributed by atoms with Gasteiger partial charge in [-0.15, -0.1) is 11.3 Å². The topological polar surface area (TPSA) is 126 Å². The number of ether oxygens (including phenoxy) is 1. The highest BCUT2D eigenvalue weighted by Gasteiger charge is 2.29. The summed E-state index contributed by atoms with van der Waals surface area (Å²) in [7, 11) is 0. The van der Waals surface area contributed by atoms with E-state index in [0.29, 0.717) is 35.6 Å². The molecule has 1 aromatic heterocycles. The molecule has 1 N–H and O–H groups in total. The minimum Gasteiger partial charge on any atom is -0.462 e. The van der Waals surface area contributed by atoms with Crippen molar-refractivity contribution in [2.45, 2.75) is 26.2 Å². The number of nitrogens with one attached hydrogen (secondary N) is 1. The fourth-order valence-corrected chi connectivity index (χ4v) is 4.71. The number of likely N-dealkylation sites (tertiary alicyclic amines) is 1. The largest absolute Gasteiger partial charge is 0.462 e. The third-order valence-electron chi connectivity index (χ3n) is 5.29. The lowest BCUT2D eigenvalue weighted by atomic mass is 9.97. The molecule has 1 saturated heterocycles. The van der Waals surface area contributed by atoms with Gasteiger partial charge in [0, 0.05) is 42.6 Å². The van der Waals surface area contributed by atoms with E-state index < -0.39 is 10.9 Å². The van der Waals surface area contributed by atoms with Crippen molar-refractivity contribution in [3.8, 4) is 17.2 Å². The first-order valence-corrected chi connectivity index (χ1v) is 11.3. The van der Waals surface area contributed by atoms with Crippen LogP contribution in [-0.4, -0.2) is 47.9 Å². The Morgan fingerprint density at radius 2 is 2.25 bits per heavy atom. The maximum Gasteiger partial charge on any atom is 0.341 e. The number of non-ortho nitro benzene ring substituents is 1. The van der Waals surface area contributed by atoms with E-state index in [1.54, 1.807) is 24.4 Å². The first-order chi connectivity index (χ1) is 15.4. The summed E-state index contributed by atoms with van der Waals surface area (Å²) in [5, 5.41) is 24.9. The van der Waals surface area contributed by atoms with Crippen LogP contribution in [0.5, 0.6) is 0 Å². The van der Waals surface area contributed by atoms with Crippen LogP contribution in [-0.2, 0) is 9.53 Å². The number of anilines is 1. The molecular weight excluding hydrogens is 432 g/mol. The number of amides is 1. The third kappa shape index (κ3) is 5.49. The molecule has 2 aromatic rings. The molecule has 0 saturated carbocycles. The van der Waals surface area contributed by atoms with E-state index in [-0.39, 0.29) is 29.7 Å². The Morgan fingerprint density at radius 1 is 1.44 bits per heavy atom. The van der Waals surface area contributed by atoms with Gasteiger partial charge in [0.1, 0.15) is 10.6 Å². The molecule has 3 rings (SSSR count). The van der Waals surface area contributed by atoms with Gasteiger partial charge in [-0.1, -0.05) is 12.1 Å². The number of esters is 1. The zero-order valence-electron chi connectivity index (χ0n) is 17.7. The number of nitro groups is 1. The summed E-state index contributed by atoms with van der Waals surface area (Å²) in [4.78, 5) is 38.5. The normalized spacial score (nSPS) is 16.2. The number of hydrogen-bond donors (Lipinski definition) is 1. The molecule has 1 aliphatic heterocycles. The average Bonchev–Trinajstić information content (AvgIpc) is 3.21. The van der Waals surface area contributed by atoms with Gasteiger partial charge in [-0.2, -0.15) is 5.26 Å². The SMILES string of the molecule is CCOC(=O)c1c(-c2cccc([N+](=O)[O-])c2)csc1NC(=O)C1CCCN(CCC#N)C1. The van der Waals surface area contributed by atoms with Gasteiger partial charge in [0.15, 0.2) is 0 Å². The van der Waals surface area contributed by atoms with Gasteiger partial charge in [0.25, 0.3) is 5.69 Å². The minimum absolute atomic E-state index is 0.0891. The Labute approximate surface area is 189 Å². The highest BCUT2D eigenvalue weighted by atomic mass is 32.1. The van der Waals surface area contributed by atoms with Crippen molar-refractivity contribution in [2.75, 3.05) is 31.6 Å². The van der Waals surface area contributed by atoms with E-state index in [0.717, 1.165) is 19.4 Å². The molecule has 1 atom stereocenters. The number of hydrogen-bond acceptors (Lipinski definition) is 8. The monoisotopic (exact) mass is 456 g/mol. The van der Waals surface area contributed by atoms with E-state index in [1.165, 1.54) is 23.5 Å². The standard InChI is InChI=1S/C22H24N4O5S/c1-2-31-22(28)19-18(15-6-3-8-17(12-15)26(29)30)14-32-21(19)24-20(27)16-7-4-10-25(13-16)11-5-9-23/h3,6,8,12,14,16H,2,4-5,7,10-11,13H2,1H3,(H,24,27). The molecule has 0 spiro atoms. The van der Waals surface area contributed by atoms with Crippen molar-refractivity contribution in [1.82, 2.24) is 4.90 Å². The summed E-state index contributed by atoms with van der Waals surface area (Å²) >= 11 is 1.19. The molecule has 32 heavy (non-hydrogen) atoms. The number of thiophene rings is 1. The molecule has 1 fully saturated rings. The van der Waals surface area contributed by atoms with Crippen LogP contribution in [0.15, 0.2) is 29.6 Å². The molecule has 9 nitrogen and oxygen atoms in total. The maximum absolute atomic E-state index is 13.0. The lowest BCUT2D eigenvalue weighted by molar-refractivity contribution is -0.384. The molecule has 1 aromatic carbocycles. The minimum atomic E-state index is -0.593. The second-order valence-corrected chi connectivity index (χ2v) is 8.30. The third-order valence-corrected chi connectivity index (χ3v) is 6.19. The van der Waals surface area contributed by atoms with E-state index in [2.05, 4.69) is 16.3 Å². The van der Waals surface area contributed by atoms with Crippen molar-refractivity contribution in [3.05, 3.63) is 45.3 Å². The zero-order valence-corrected chi connectivity index (χ0v) is 18.5. The van der Waals surface area contributed by atoms with Crippen molar-refractivity contribution in [1.29, 1.82) is 5.26 Å². The van der Waals surface area contributed by atoms with Crippen molar-refractivity contribution >= 4 is 33.9 Å². The molecule has 1 unspecified atom stereocenters.